The van der Waals surface area contributed by atoms with Gasteiger partial charge in [-0.3, -0.25) is 14.4 Å². The molecule has 13 heteroatoms. The first-order valence-electron chi connectivity index (χ1n) is 15.0. The lowest BCUT2D eigenvalue weighted by atomic mass is 9.87. The van der Waals surface area contributed by atoms with Crippen LogP contribution in [-0.2, 0) is 11.2 Å². The van der Waals surface area contributed by atoms with E-state index in [1.807, 2.05) is 22.6 Å². The molecule has 0 spiro atoms. The highest BCUT2D eigenvalue weighted by Crippen LogP contribution is 2.37. The van der Waals surface area contributed by atoms with Crippen molar-refractivity contribution in [3.63, 3.8) is 0 Å². The maximum Gasteiger partial charge on any atom is 0.349 e. The number of hydrogen-bond acceptors (Lipinski definition) is 9. The lowest BCUT2D eigenvalue weighted by molar-refractivity contribution is -0.118. The Morgan fingerprint density at radius 3 is 2.67 bits per heavy atom. The molecule has 11 nitrogen and oxygen atoms in total. The largest absolute Gasteiger partial charge is 0.493 e. The summed E-state index contributed by atoms with van der Waals surface area (Å²) in [7, 11) is 1.39. The van der Waals surface area contributed by atoms with Gasteiger partial charge in [-0.15, -0.1) is 0 Å². The highest BCUT2D eigenvalue weighted by atomic mass is 127. The van der Waals surface area contributed by atoms with Crippen LogP contribution in [0.5, 0.6) is 11.5 Å². The number of methoxy groups -OCH3 is 1. The number of benzene rings is 3. The van der Waals surface area contributed by atoms with Gasteiger partial charge < -0.3 is 34.3 Å². The Labute approximate surface area is 288 Å². The predicted octanol–water partition coefficient (Wildman–Crippen LogP) is 3.66. The van der Waals surface area contributed by atoms with Gasteiger partial charge in [0.2, 0.25) is 5.91 Å². The molecule has 5 rings (SSSR count). The van der Waals surface area contributed by atoms with Crippen molar-refractivity contribution in [2.24, 2.45) is 0 Å². The van der Waals surface area contributed by atoms with Crippen LogP contribution in [0.1, 0.15) is 32.7 Å². The van der Waals surface area contributed by atoms with E-state index in [-0.39, 0.29) is 60.8 Å². The van der Waals surface area contributed by atoms with Gasteiger partial charge in [-0.25, -0.2) is 9.18 Å². The van der Waals surface area contributed by atoms with Gasteiger partial charge >= 0.3 is 5.63 Å². The van der Waals surface area contributed by atoms with Crippen molar-refractivity contribution in [2.75, 3.05) is 26.8 Å². The molecule has 0 bridgehead atoms. The fourth-order valence-corrected chi connectivity index (χ4v) is 6.32. The van der Waals surface area contributed by atoms with Crippen molar-refractivity contribution in [1.29, 1.82) is 0 Å². The molecule has 1 aliphatic rings. The monoisotopic (exact) mass is 770 g/mol. The Hall–Kier alpha value is -4.60. The number of aliphatic hydroxyl groups excluding tert-OH is 2. The van der Waals surface area contributed by atoms with Crippen molar-refractivity contribution in [3.05, 3.63) is 115 Å². The molecule has 0 saturated carbocycles. The fraction of sp³-hybridized carbons (Fsp3) is 0.257. The number of hydrogen-bond donors (Lipinski definition) is 3. The quantitative estimate of drug-likeness (QED) is 0.111. The molecule has 3 N–H and O–H groups in total. The topological polar surface area (TPSA) is 156 Å². The molecular formula is C35H32FIN2O9. The van der Waals surface area contributed by atoms with Crippen LogP contribution in [0.2, 0.25) is 0 Å². The van der Waals surface area contributed by atoms with E-state index in [9.17, 15) is 33.8 Å². The van der Waals surface area contributed by atoms with Gasteiger partial charge in [-0.05, 0) is 77.0 Å². The van der Waals surface area contributed by atoms with Gasteiger partial charge in [-0.2, -0.15) is 0 Å². The first-order chi connectivity index (χ1) is 23.1. The molecular weight excluding hydrogens is 738 g/mol. The van der Waals surface area contributed by atoms with Crippen LogP contribution in [0, 0.1) is 9.39 Å². The Balaban J connectivity index is 1.58. The SMILES string of the molecule is COc1cc(C=O)cc(I)c1O[C@H]1C=C(C(=O)NCCO)C[C@@H](N(CCc2cccc(F)c2)C(=O)c2cc3ccccc3oc2=O)[C@@H]1O. The van der Waals surface area contributed by atoms with E-state index in [0.29, 0.717) is 26.4 Å². The first kappa shape index (κ1) is 34.7. The minimum Gasteiger partial charge on any atom is -0.493 e. The number of aliphatic hydroxyl groups is 2. The molecule has 0 unspecified atom stereocenters. The third-order valence-corrected chi connectivity index (χ3v) is 8.72. The number of amides is 2. The predicted molar refractivity (Wildman–Crippen MR) is 182 cm³/mol. The van der Waals surface area contributed by atoms with Crippen LogP contribution in [0.15, 0.2) is 87.6 Å². The molecule has 3 aromatic carbocycles. The number of carbonyl (C=O) groups excluding carboxylic acids is 3. The summed E-state index contributed by atoms with van der Waals surface area (Å²) >= 11 is 1.95. The van der Waals surface area contributed by atoms with Crippen molar-refractivity contribution in [1.82, 2.24) is 10.2 Å². The Morgan fingerprint density at radius 2 is 1.94 bits per heavy atom. The van der Waals surface area contributed by atoms with E-state index in [1.165, 1.54) is 48.4 Å². The maximum atomic E-state index is 14.3. The average Bonchev–Trinajstić information content (AvgIpc) is 3.08. The van der Waals surface area contributed by atoms with Crippen LogP contribution >= 0.6 is 22.6 Å². The molecule has 0 saturated heterocycles. The second kappa shape index (κ2) is 15.5. The number of para-hydroxylation sites is 1. The van der Waals surface area contributed by atoms with Gasteiger partial charge in [-0.1, -0.05) is 30.3 Å². The molecule has 4 aromatic rings. The summed E-state index contributed by atoms with van der Waals surface area (Å²) in [5.41, 5.74) is 0.136. The van der Waals surface area contributed by atoms with Gasteiger partial charge in [0.05, 0.1) is 23.3 Å². The number of nitrogens with zero attached hydrogens (tertiary/aromatic N) is 1. The van der Waals surface area contributed by atoms with E-state index in [1.54, 1.807) is 36.4 Å². The lowest BCUT2D eigenvalue weighted by Gasteiger charge is -2.40. The van der Waals surface area contributed by atoms with Crippen molar-refractivity contribution >= 4 is 51.7 Å². The third-order valence-electron chi connectivity index (χ3n) is 7.92. The fourth-order valence-electron chi connectivity index (χ4n) is 5.56. The van der Waals surface area contributed by atoms with Gasteiger partial charge in [0.1, 0.15) is 35.5 Å². The van der Waals surface area contributed by atoms with Crippen LogP contribution in [0.25, 0.3) is 11.0 Å². The van der Waals surface area contributed by atoms with E-state index in [0.717, 1.165) is 0 Å². The summed E-state index contributed by atoms with van der Waals surface area (Å²) in [6.45, 7) is -0.447. The van der Waals surface area contributed by atoms with E-state index in [4.69, 9.17) is 13.9 Å². The highest BCUT2D eigenvalue weighted by Gasteiger charge is 2.41. The average molecular weight is 771 g/mol. The Bertz CT molecular complexity index is 1930. The smallest absolute Gasteiger partial charge is 0.349 e. The van der Waals surface area contributed by atoms with Crippen LogP contribution < -0.4 is 20.4 Å². The molecule has 48 heavy (non-hydrogen) atoms. The molecule has 1 aromatic heterocycles. The van der Waals surface area contributed by atoms with Crippen LogP contribution in [0.4, 0.5) is 4.39 Å². The molecule has 0 fully saturated rings. The number of carbonyl (C=O) groups is 3. The number of nitrogens with one attached hydrogen (secondary N) is 1. The summed E-state index contributed by atoms with van der Waals surface area (Å²) in [5.74, 6) is -1.41. The summed E-state index contributed by atoms with van der Waals surface area (Å²) < 4.78 is 31.7. The molecule has 1 aliphatic carbocycles. The Morgan fingerprint density at radius 1 is 1.15 bits per heavy atom. The van der Waals surface area contributed by atoms with E-state index >= 15 is 0 Å². The second-order valence-electron chi connectivity index (χ2n) is 11.0. The second-order valence-corrected chi connectivity index (χ2v) is 12.2. The molecule has 3 atom stereocenters. The van der Waals surface area contributed by atoms with Crippen LogP contribution in [-0.4, -0.2) is 78.3 Å². The molecule has 0 radical (unpaired) electrons. The minimum absolute atomic E-state index is 0.0475. The normalized spacial score (nSPS) is 17.4. The van der Waals surface area contributed by atoms with Crippen LogP contribution in [0.3, 0.4) is 0 Å². The zero-order chi connectivity index (χ0) is 34.4. The first-order valence-corrected chi connectivity index (χ1v) is 16.1. The number of halogens is 2. The van der Waals surface area contributed by atoms with E-state index < -0.39 is 41.5 Å². The summed E-state index contributed by atoms with van der Waals surface area (Å²) in [5, 5.41) is 24.3. The minimum atomic E-state index is -1.45. The molecule has 2 amide bonds. The van der Waals surface area contributed by atoms with Gasteiger partial charge in [0.25, 0.3) is 5.91 Å². The third kappa shape index (κ3) is 7.75. The van der Waals surface area contributed by atoms with Gasteiger partial charge in [0, 0.05) is 36.0 Å². The highest BCUT2D eigenvalue weighted by molar-refractivity contribution is 14.1. The summed E-state index contributed by atoms with van der Waals surface area (Å²) in [6, 6.07) is 15.8. The molecule has 1 heterocycles. The van der Waals surface area contributed by atoms with Gasteiger partial charge in [0.15, 0.2) is 11.5 Å². The number of aldehydes is 1. The standard InChI is InChI=1S/C35H32FIN2O9/c1-46-30-15-21(19-41)14-26(37)32(30)47-29-18-23(33(43)38-10-12-40)17-27(31(29)42)39(11-9-20-5-4-7-24(36)13-20)34(44)25-16-22-6-2-3-8-28(22)48-35(25)45/h2-8,13-16,18-19,27,29,31,40,42H,9-12,17H2,1H3,(H,38,43)/t27-,29+,31+/m1/s1. The van der Waals surface area contributed by atoms with Crippen molar-refractivity contribution < 1.29 is 42.9 Å². The van der Waals surface area contributed by atoms with E-state index in [2.05, 4.69) is 5.32 Å². The van der Waals surface area contributed by atoms with Crippen molar-refractivity contribution in [3.8, 4) is 11.5 Å². The molecule has 250 valence electrons. The van der Waals surface area contributed by atoms with Crippen molar-refractivity contribution in [2.45, 2.75) is 31.1 Å². The maximum absolute atomic E-state index is 14.3. The number of ether oxygens (including phenoxy) is 2. The zero-order valence-electron chi connectivity index (χ0n) is 25.7. The summed E-state index contributed by atoms with van der Waals surface area (Å²) in [6.07, 6.45) is -0.600. The molecule has 0 aliphatic heterocycles. The summed E-state index contributed by atoms with van der Waals surface area (Å²) in [4.78, 5) is 53.4. The zero-order valence-corrected chi connectivity index (χ0v) is 27.9. The number of fused-ring (bicyclic) bond motifs is 1. The number of rotatable bonds is 12. The Kier molecular flexibility index (Phi) is 11.2. The lowest BCUT2D eigenvalue weighted by Crippen LogP contribution is -2.56.